The average Bonchev–Trinajstić information content (AvgIpc) is 2.67. The Balaban J connectivity index is 2.36. The summed E-state index contributed by atoms with van der Waals surface area (Å²) in [5.74, 6) is 0. The standard InChI is InChI=1S/C9H10N4/c10-7-13-6-9(11-12-13)8-4-2-1-3-5-8/h1-6H,7,10H2. The molecule has 0 unspecified atom stereocenters. The predicted molar refractivity (Wildman–Crippen MR) is 49.6 cm³/mol. The summed E-state index contributed by atoms with van der Waals surface area (Å²) < 4.78 is 1.60. The molecule has 2 aromatic rings. The molecule has 0 fully saturated rings. The summed E-state index contributed by atoms with van der Waals surface area (Å²) in [6.45, 7) is 0.361. The van der Waals surface area contributed by atoms with Crippen LogP contribution in [0.4, 0.5) is 0 Å². The number of aromatic nitrogens is 3. The molecule has 0 aliphatic carbocycles. The van der Waals surface area contributed by atoms with Gasteiger partial charge in [-0.15, -0.1) is 5.10 Å². The molecule has 1 aromatic carbocycles. The third-order valence-electron chi connectivity index (χ3n) is 1.80. The number of benzene rings is 1. The third-order valence-corrected chi connectivity index (χ3v) is 1.80. The highest BCUT2D eigenvalue weighted by atomic mass is 15.4. The lowest BCUT2D eigenvalue weighted by atomic mass is 10.2. The SMILES string of the molecule is NCn1cc(-c2ccccc2)nn1. The van der Waals surface area contributed by atoms with Crippen molar-refractivity contribution in [2.75, 3.05) is 0 Å². The van der Waals surface area contributed by atoms with Crippen LogP contribution < -0.4 is 5.73 Å². The summed E-state index contributed by atoms with van der Waals surface area (Å²) in [7, 11) is 0. The molecule has 1 heterocycles. The minimum Gasteiger partial charge on any atom is -0.312 e. The number of rotatable bonds is 2. The summed E-state index contributed by atoms with van der Waals surface area (Å²) in [4.78, 5) is 0. The van der Waals surface area contributed by atoms with Gasteiger partial charge >= 0.3 is 0 Å². The monoisotopic (exact) mass is 174 g/mol. The first kappa shape index (κ1) is 7.94. The number of hydrogen-bond donors (Lipinski definition) is 1. The second-order valence-electron chi connectivity index (χ2n) is 2.69. The first-order valence-electron chi connectivity index (χ1n) is 4.06. The van der Waals surface area contributed by atoms with Crippen molar-refractivity contribution in [3.05, 3.63) is 36.5 Å². The molecule has 0 saturated heterocycles. The molecule has 0 amide bonds. The van der Waals surface area contributed by atoms with Crippen LogP contribution in [0.1, 0.15) is 0 Å². The number of nitrogens with two attached hydrogens (primary N) is 1. The van der Waals surface area contributed by atoms with Gasteiger partial charge in [0, 0.05) is 5.56 Å². The number of hydrogen-bond acceptors (Lipinski definition) is 3. The van der Waals surface area contributed by atoms with Gasteiger partial charge in [0.1, 0.15) is 5.69 Å². The van der Waals surface area contributed by atoms with E-state index in [0.717, 1.165) is 11.3 Å². The van der Waals surface area contributed by atoms with Crippen molar-refractivity contribution < 1.29 is 0 Å². The van der Waals surface area contributed by atoms with E-state index in [2.05, 4.69) is 10.3 Å². The van der Waals surface area contributed by atoms with Gasteiger partial charge < -0.3 is 5.73 Å². The van der Waals surface area contributed by atoms with Crippen LogP contribution in [0.3, 0.4) is 0 Å². The Labute approximate surface area is 76.0 Å². The predicted octanol–water partition coefficient (Wildman–Crippen LogP) is 0.861. The number of nitrogens with zero attached hydrogens (tertiary/aromatic N) is 3. The van der Waals surface area contributed by atoms with Crippen LogP contribution in [-0.4, -0.2) is 15.0 Å². The first-order chi connectivity index (χ1) is 6.40. The lowest BCUT2D eigenvalue weighted by Crippen LogP contribution is -2.06. The Morgan fingerprint density at radius 2 is 2.00 bits per heavy atom. The molecule has 0 spiro atoms. The van der Waals surface area contributed by atoms with E-state index in [0.29, 0.717) is 6.67 Å². The van der Waals surface area contributed by atoms with E-state index in [9.17, 15) is 0 Å². The molecule has 4 heteroatoms. The average molecular weight is 174 g/mol. The highest BCUT2D eigenvalue weighted by Gasteiger charge is 2.00. The Morgan fingerprint density at radius 3 is 2.62 bits per heavy atom. The fraction of sp³-hybridized carbons (Fsp3) is 0.111. The molecule has 1 aromatic heterocycles. The Morgan fingerprint density at radius 1 is 1.23 bits per heavy atom. The topological polar surface area (TPSA) is 56.7 Å². The molecular weight excluding hydrogens is 164 g/mol. The maximum atomic E-state index is 5.40. The van der Waals surface area contributed by atoms with Crippen LogP contribution in [0.15, 0.2) is 36.5 Å². The lowest BCUT2D eigenvalue weighted by molar-refractivity contribution is 0.608. The van der Waals surface area contributed by atoms with Gasteiger partial charge in [-0.2, -0.15) is 0 Å². The van der Waals surface area contributed by atoms with Gasteiger partial charge in [0.15, 0.2) is 0 Å². The van der Waals surface area contributed by atoms with Gasteiger partial charge in [-0.3, -0.25) is 0 Å². The van der Waals surface area contributed by atoms with Gasteiger partial charge in [-0.25, -0.2) is 4.68 Å². The summed E-state index contributed by atoms with van der Waals surface area (Å²) >= 11 is 0. The zero-order chi connectivity index (χ0) is 9.10. The highest BCUT2D eigenvalue weighted by molar-refractivity contribution is 5.56. The van der Waals surface area contributed by atoms with E-state index >= 15 is 0 Å². The molecule has 0 aliphatic heterocycles. The van der Waals surface area contributed by atoms with Crippen LogP contribution in [0.5, 0.6) is 0 Å². The minimum absolute atomic E-state index is 0.361. The van der Waals surface area contributed by atoms with Gasteiger partial charge in [-0.05, 0) is 0 Å². The van der Waals surface area contributed by atoms with Gasteiger partial charge in [0.05, 0.1) is 12.9 Å². The molecular formula is C9H10N4. The zero-order valence-electron chi connectivity index (χ0n) is 7.09. The zero-order valence-corrected chi connectivity index (χ0v) is 7.09. The molecule has 2 rings (SSSR count). The normalized spacial score (nSPS) is 10.2. The van der Waals surface area contributed by atoms with E-state index in [-0.39, 0.29) is 0 Å². The minimum atomic E-state index is 0.361. The highest BCUT2D eigenvalue weighted by Crippen LogP contribution is 2.14. The fourth-order valence-corrected chi connectivity index (χ4v) is 1.13. The smallest absolute Gasteiger partial charge is 0.113 e. The summed E-state index contributed by atoms with van der Waals surface area (Å²) in [6, 6.07) is 9.89. The summed E-state index contributed by atoms with van der Waals surface area (Å²) in [5, 5.41) is 7.84. The summed E-state index contributed by atoms with van der Waals surface area (Å²) in [6.07, 6.45) is 1.83. The van der Waals surface area contributed by atoms with E-state index in [4.69, 9.17) is 5.73 Å². The van der Waals surface area contributed by atoms with Crippen LogP contribution >= 0.6 is 0 Å². The summed E-state index contributed by atoms with van der Waals surface area (Å²) in [5.41, 5.74) is 7.31. The first-order valence-corrected chi connectivity index (χ1v) is 4.06. The Hall–Kier alpha value is -1.68. The maximum absolute atomic E-state index is 5.40. The van der Waals surface area contributed by atoms with Crippen molar-refractivity contribution in [3.63, 3.8) is 0 Å². The molecule has 13 heavy (non-hydrogen) atoms. The second kappa shape index (κ2) is 3.37. The maximum Gasteiger partial charge on any atom is 0.113 e. The van der Waals surface area contributed by atoms with Gasteiger partial charge in [0.25, 0.3) is 0 Å². The van der Waals surface area contributed by atoms with Crippen molar-refractivity contribution in [1.82, 2.24) is 15.0 Å². The lowest BCUT2D eigenvalue weighted by Gasteiger charge is -1.92. The van der Waals surface area contributed by atoms with Crippen molar-refractivity contribution in [3.8, 4) is 11.3 Å². The van der Waals surface area contributed by atoms with E-state index < -0.39 is 0 Å². The van der Waals surface area contributed by atoms with Crippen molar-refractivity contribution in [1.29, 1.82) is 0 Å². The molecule has 0 aliphatic rings. The van der Waals surface area contributed by atoms with Crippen molar-refractivity contribution in [2.24, 2.45) is 5.73 Å². The molecule has 66 valence electrons. The van der Waals surface area contributed by atoms with Gasteiger partial charge in [0.2, 0.25) is 0 Å². The Bertz CT molecular complexity index is 380. The molecule has 0 saturated carbocycles. The fourth-order valence-electron chi connectivity index (χ4n) is 1.13. The third kappa shape index (κ3) is 1.57. The molecule has 0 bridgehead atoms. The Kier molecular flexibility index (Phi) is 2.06. The van der Waals surface area contributed by atoms with Crippen LogP contribution in [0.25, 0.3) is 11.3 Å². The molecule has 0 radical (unpaired) electrons. The van der Waals surface area contributed by atoms with E-state index in [1.165, 1.54) is 0 Å². The molecule has 0 atom stereocenters. The van der Waals surface area contributed by atoms with Crippen LogP contribution in [-0.2, 0) is 6.67 Å². The molecule has 2 N–H and O–H groups in total. The quantitative estimate of drug-likeness (QED) is 0.734. The van der Waals surface area contributed by atoms with Crippen molar-refractivity contribution in [2.45, 2.75) is 6.67 Å². The largest absolute Gasteiger partial charge is 0.312 e. The second-order valence-corrected chi connectivity index (χ2v) is 2.69. The van der Waals surface area contributed by atoms with Gasteiger partial charge in [-0.1, -0.05) is 35.5 Å². The van der Waals surface area contributed by atoms with E-state index in [1.54, 1.807) is 4.68 Å². The van der Waals surface area contributed by atoms with E-state index in [1.807, 2.05) is 36.5 Å². The van der Waals surface area contributed by atoms with Crippen LogP contribution in [0, 0.1) is 0 Å². The molecule has 4 nitrogen and oxygen atoms in total. The van der Waals surface area contributed by atoms with Crippen LogP contribution in [0.2, 0.25) is 0 Å². The van der Waals surface area contributed by atoms with Crippen molar-refractivity contribution >= 4 is 0 Å².